The van der Waals surface area contributed by atoms with Crippen LogP contribution in [-0.4, -0.2) is 28.1 Å². The molecule has 0 spiro atoms. The molecule has 1 heterocycles. The van der Waals surface area contributed by atoms with Crippen LogP contribution >= 0.6 is 0 Å². The number of fused-ring (bicyclic) bond motifs is 5. The van der Waals surface area contributed by atoms with Crippen molar-refractivity contribution in [1.82, 2.24) is 0 Å². The fourth-order valence-electron chi connectivity index (χ4n) is 9.13. The summed E-state index contributed by atoms with van der Waals surface area (Å²) in [7, 11) is 0. The molecule has 4 aliphatic carbocycles. The van der Waals surface area contributed by atoms with Gasteiger partial charge in [-0.15, -0.1) is 0 Å². The number of carbonyl (C=O) groups excluding carboxylic acids is 1. The molecule has 0 saturated heterocycles. The summed E-state index contributed by atoms with van der Waals surface area (Å²) in [6.45, 7) is 15.8. The van der Waals surface area contributed by atoms with Gasteiger partial charge in [-0.25, -0.2) is 4.79 Å². The van der Waals surface area contributed by atoms with Crippen LogP contribution in [0.1, 0.15) is 93.4 Å². The van der Waals surface area contributed by atoms with Gasteiger partial charge in [0.05, 0.1) is 6.10 Å². The summed E-state index contributed by atoms with van der Waals surface area (Å²) in [5.74, 6) is -0.651. The number of aliphatic hydroxyl groups excluding tert-OH is 1. The lowest BCUT2D eigenvalue weighted by atomic mass is 9.43. The smallest absolute Gasteiger partial charge is 0.336 e. The second-order valence-corrected chi connectivity index (χ2v) is 13.7. The second-order valence-electron chi connectivity index (χ2n) is 13.7. The van der Waals surface area contributed by atoms with Gasteiger partial charge in [0.25, 0.3) is 0 Å². The molecule has 2 saturated carbocycles. The van der Waals surface area contributed by atoms with Gasteiger partial charge in [0.1, 0.15) is 0 Å². The quantitative estimate of drug-likeness (QED) is 0.492. The van der Waals surface area contributed by atoms with Crippen molar-refractivity contribution in [1.29, 1.82) is 0 Å². The van der Waals surface area contributed by atoms with Crippen molar-refractivity contribution in [2.75, 3.05) is 0 Å². The second kappa shape index (κ2) is 7.32. The fraction of sp³-hybridized carbons (Fsp3) is 0.767. The fourth-order valence-corrected chi connectivity index (χ4v) is 9.13. The molecule has 0 aromatic carbocycles. The first-order valence-electron chi connectivity index (χ1n) is 13.4. The van der Waals surface area contributed by atoms with Gasteiger partial charge < -0.3 is 14.9 Å². The minimum atomic E-state index is -1.49. The molecule has 4 heteroatoms. The Kier molecular flexibility index (Phi) is 5.23. The van der Waals surface area contributed by atoms with E-state index in [0.29, 0.717) is 23.8 Å². The van der Waals surface area contributed by atoms with Crippen molar-refractivity contribution >= 4 is 5.97 Å². The number of carbonyl (C=O) groups is 1. The van der Waals surface area contributed by atoms with Crippen molar-refractivity contribution in [3.05, 3.63) is 34.9 Å². The molecule has 2 fully saturated rings. The summed E-state index contributed by atoms with van der Waals surface area (Å²) in [5.41, 5.74) is 3.80. The topological polar surface area (TPSA) is 66.8 Å². The molecule has 188 valence electrons. The molecular formula is C30H44O4. The largest absolute Gasteiger partial charge is 0.426 e. The molecule has 0 aromatic rings. The predicted molar refractivity (Wildman–Crippen MR) is 134 cm³/mol. The van der Waals surface area contributed by atoms with Crippen LogP contribution in [0.25, 0.3) is 0 Å². The molecule has 5 aliphatic rings. The Labute approximate surface area is 205 Å². The molecule has 0 aromatic heterocycles. The number of allylic oxidation sites excluding steroid dienone is 4. The number of esters is 1. The normalized spacial score (nSPS) is 48.1. The Balaban J connectivity index is 1.44. The highest BCUT2D eigenvalue weighted by molar-refractivity contribution is 5.90. The molecular weight excluding hydrogens is 424 g/mol. The lowest BCUT2D eigenvalue weighted by molar-refractivity contribution is -0.188. The molecule has 2 N–H and O–H groups in total. The first kappa shape index (κ1) is 24.3. The van der Waals surface area contributed by atoms with Crippen molar-refractivity contribution in [2.24, 2.45) is 39.4 Å². The van der Waals surface area contributed by atoms with Crippen LogP contribution in [0.4, 0.5) is 0 Å². The number of rotatable bonds is 3. The van der Waals surface area contributed by atoms with Crippen LogP contribution < -0.4 is 0 Å². The first-order chi connectivity index (χ1) is 15.7. The third-order valence-corrected chi connectivity index (χ3v) is 11.8. The van der Waals surface area contributed by atoms with Gasteiger partial charge in [-0.05, 0) is 102 Å². The van der Waals surface area contributed by atoms with Gasteiger partial charge >= 0.3 is 5.97 Å². The minimum absolute atomic E-state index is 0.0135. The maximum Gasteiger partial charge on any atom is 0.336 e. The van der Waals surface area contributed by atoms with Gasteiger partial charge in [-0.2, -0.15) is 0 Å². The Hall–Kier alpha value is -1.39. The van der Waals surface area contributed by atoms with Crippen LogP contribution in [0.3, 0.4) is 0 Å². The van der Waals surface area contributed by atoms with Crippen molar-refractivity contribution in [3.63, 3.8) is 0 Å². The number of ether oxygens (including phenoxy) is 1. The summed E-state index contributed by atoms with van der Waals surface area (Å²) in [5, 5.41) is 21.8. The third-order valence-electron chi connectivity index (χ3n) is 11.8. The van der Waals surface area contributed by atoms with E-state index in [0.717, 1.165) is 32.1 Å². The Bertz CT molecular complexity index is 1000. The summed E-state index contributed by atoms with van der Waals surface area (Å²) in [6, 6.07) is 0. The molecule has 0 radical (unpaired) electrons. The minimum Gasteiger partial charge on any atom is -0.426 e. The van der Waals surface area contributed by atoms with Crippen molar-refractivity contribution < 1.29 is 19.7 Å². The van der Waals surface area contributed by atoms with Crippen LogP contribution in [0.5, 0.6) is 0 Å². The van der Waals surface area contributed by atoms with Crippen LogP contribution in [0, 0.1) is 39.4 Å². The number of hydrogen-bond acceptors (Lipinski definition) is 4. The average Bonchev–Trinajstić information content (AvgIpc) is 3.17. The van der Waals surface area contributed by atoms with Crippen LogP contribution in [0.2, 0.25) is 0 Å². The zero-order valence-corrected chi connectivity index (χ0v) is 22.2. The standard InChI is InChI=1S/C30H44O4/c1-18-16-30(33,34-25(18)32)17-19(2)28(6)14-11-22-20-8-9-23-26(3,4)24(31)12-13-27(23,5)21(20)10-15-29(22,28)7/h8,11,16,19,21,23-24,31,33H,9-10,12-15,17H2,1-7H3/t19-,21-,23+,24-,27-,28+,29-,30?/m1/s1. The third kappa shape index (κ3) is 3.06. The molecule has 4 nitrogen and oxygen atoms in total. The van der Waals surface area contributed by atoms with E-state index in [1.807, 2.05) is 0 Å². The monoisotopic (exact) mass is 468 g/mol. The van der Waals surface area contributed by atoms with E-state index in [4.69, 9.17) is 4.74 Å². The molecule has 8 atom stereocenters. The van der Waals surface area contributed by atoms with E-state index in [9.17, 15) is 15.0 Å². The predicted octanol–water partition coefficient (Wildman–Crippen LogP) is 6.09. The molecule has 1 aliphatic heterocycles. The highest BCUT2D eigenvalue weighted by Crippen LogP contribution is 2.70. The molecule has 0 amide bonds. The van der Waals surface area contributed by atoms with Crippen LogP contribution in [-0.2, 0) is 9.53 Å². The van der Waals surface area contributed by atoms with E-state index >= 15 is 0 Å². The average molecular weight is 469 g/mol. The van der Waals surface area contributed by atoms with Gasteiger partial charge in [0, 0.05) is 12.0 Å². The Morgan fingerprint density at radius 2 is 1.82 bits per heavy atom. The number of aliphatic hydroxyl groups is 2. The number of cyclic esters (lactones) is 1. The van der Waals surface area contributed by atoms with E-state index in [-0.39, 0.29) is 33.7 Å². The molecule has 34 heavy (non-hydrogen) atoms. The summed E-state index contributed by atoms with van der Waals surface area (Å²) >= 11 is 0. The highest BCUT2D eigenvalue weighted by Gasteiger charge is 2.62. The maximum absolute atomic E-state index is 11.9. The molecule has 0 bridgehead atoms. The lowest BCUT2D eigenvalue weighted by Crippen LogP contribution is -2.56. The Morgan fingerprint density at radius 3 is 2.47 bits per heavy atom. The lowest BCUT2D eigenvalue weighted by Gasteiger charge is -2.62. The Morgan fingerprint density at radius 1 is 1.12 bits per heavy atom. The SMILES string of the molecule is CC1=CC(O)(C[C@@H](C)[C@]2(C)CC=C3C4=CC[C@H]5C(C)(C)[C@H](O)CC[C@]5(C)[C@@H]4CC[C@]32C)OC1=O. The number of hydrogen-bond donors (Lipinski definition) is 2. The van der Waals surface area contributed by atoms with Gasteiger partial charge in [0.15, 0.2) is 0 Å². The van der Waals surface area contributed by atoms with Gasteiger partial charge in [-0.3, -0.25) is 0 Å². The summed E-state index contributed by atoms with van der Waals surface area (Å²) < 4.78 is 5.37. The van der Waals surface area contributed by atoms with E-state index in [1.165, 1.54) is 12.0 Å². The molecule has 5 rings (SSSR count). The van der Waals surface area contributed by atoms with E-state index in [1.54, 1.807) is 18.6 Å². The van der Waals surface area contributed by atoms with Crippen molar-refractivity contribution in [2.45, 2.75) is 105 Å². The van der Waals surface area contributed by atoms with E-state index < -0.39 is 11.8 Å². The first-order valence-corrected chi connectivity index (χ1v) is 13.4. The highest BCUT2D eigenvalue weighted by atomic mass is 16.7. The van der Waals surface area contributed by atoms with Gasteiger partial charge in [-0.1, -0.05) is 53.7 Å². The van der Waals surface area contributed by atoms with Crippen molar-refractivity contribution in [3.8, 4) is 0 Å². The van der Waals surface area contributed by atoms with E-state index in [2.05, 4.69) is 53.7 Å². The summed E-state index contributed by atoms with van der Waals surface area (Å²) in [4.78, 5) is 11.9. The molecule has 1 unspecified atom stereocenters. The maximum atomic E-state index is 11.9. The zero-order chi connectivity index (χ0) is 24.9. The zero-order valence-electron chi connectivity index (χ0n) is 22.2. The van der Waals surface area contributed by atoms with Gasteiger partial charge in [0.2, 0.25) is 5.79 Å². The van der Waals surface area contributed by atoms with Crippen LogP contribution in [0.15, 0.2) is 34.9 Å². The summed E-state index contributed by atoms with van der Waals surface area (Å²) in [6.07, 6.45) is 13.2.